The quantitative estimate of drug-likeness (QED) is 0.849. The van der Waals surface area contributed by atoms with E-state index in [9.17, 15) is 9.18 Å². The van der Waals surface area contributed by atoms with Crippen LogP contribution >= 0.6 is 0 Å². The molecule has 4 rings (SSSR count). The first-order valence-corrected chi connectivity index (χ1v) is 8.05. The molecule has 6 heteroatoms. The van der Waals surface area contributed by atoms with Crippen molar-refractivity contribution in [3.05, 3.63) is 42.0 Å². The van der Waals surface area contributed by atoms with E-state index in [1.54, 1.807) is 19.9 Å². The summed E-state index contributed by atoms with van der Waals surface area (Å²) in [7, 11) is 0. The average Bonchev–Trinajstić information content (AvgIpc) is 2.47. The third kappa shape index (κ3) is 2.42. The summed E-state index contributed by atoms with van der Waals surface area (Å²) in [4.78, 5) is 24.0. The van der Waals surface area contributed by atoms with Crippen molar-refractivity contribution in [2.75, 3.05) is 31.1 Å². The van der Waals surface area contributed by atoms with Gasteiger partial charge in [0.25, 0.3) is 0 Å². The predicted octanol–water partition coefficient (Wildman–Crippen LogP) is 2.26. The Labute approximate surface area is 140 Å². The van der Waals surface area contributed by atoms with Gasteiger partial charge in [0.2, 0.25) is 5.91 Å². The number of hydrogen-bond acceptors (Lipinski definition) is 4. The summed E-state index contributed by atoms with van der Waals surface area (Å²) in [5, 5.41) is 0. The highest BCUT2D eigenvalue weighted by Gasteiger charge is 2.52. The summed E-state index contributed by atoms with van der Waals surface area (Å²) >= 11 is 0. The number of anilines is 1. The van der Waals surface area contributed by atoms with E-state index in [0.29, 0.717) is 5.56 Å². The summed E-state index contributed by atoms with van der Waals surface area (Å²) in [5.74, 6) is 0.770. The second kappa shape index (κ2) is 5.26. The summed E-state index contributed by atoms with van der Waals surface area (Å²) in [6, 6.07) is 7.04. The lowest BCUT2D eigenvalue weighted by molar-refractivity contribution is -0.142. The molecule has 24 heavy (non-hydrogen) atoms. The molecule has 0 radical (unpaired) electrons. The number of halogens is 1. The molecule has 5 nitrogen and oxygen atoms in total. The van der Waals surface area contributed by atoms with E-state index in [-0.39, 0.29) is 17.1 Å². The van der Waals surface area contributed by atoms with Crippen LogP contribution in [0.15, 0.2) is 30.6 Å². The molecule has 3 heterocycles. The van der Waals surface area contributed by atoms with Crippen LogP contribution < -0.4 is 4.90 Å². The predicted molar refractivity (Wildman–Crippen MR) is 89.1 cm³/mol. The molecule has 2 aliphatic heterocycles. The number of carbonyl (C=O) groups is 1. The lowest BCUT2D eigenvalue weighted by atomic mass is 9.73. The van der Waals surface area contributed by atoms with Crippen LogP contribution in [0.2, 0.25) is 0 Å². The van der Waals surface area contributed by atoms with Gasteiger partial charge in [0.1, 0.15) is 18.0 Å². The Morgan fingerprint density at radius 1 is 1.17 bits per heavy atom. The topological polar surface area (TPSA) is 49.3 Å². The zero-order valence-corrected chi connectivity index (χ0v) is 13.8. The first kappa shape index (κ1) is 15.1. The number of benzene rings is 1. The molecule has 0 bridgehead atoms. The fourth-order valence-electron chi connectivity index (χ4n) is 3.54. The molecule has 1 spiro atoms. The number of amides is 1. The lowest BCUT2D eigenvalue weighted by Gasteiger charge is -2.60. The highest BCUT2D eigenvalue weighted by Crippen LogP contribution is 2.41. The fraction of sp³-hybridized carbons (Fsp3) is 0.389. The van der Waals surface area contributed by atoms with Gasteiger partial charge in [0.05, 0.1) is 5.69 Å². The minimum absolute atomic E-state index is 0.143. The molecular weight excluding hydrogens is 307 g/mol. The van der Waals surface area contributed by atoms with Crippen LogP contribution in [-0.2, 0) is 4.79 Å². The Morgan fingerprint density at radius 3 is 2.58 bits per heavy atom. The highest BCUT2D eigenvalue weighted by molar-refractivity contribution is 5.74. The summed E-state index contributed by atoms with van der Waals surface area (Å²) < 4.78 is 13.8. The van der Waals surface area contributed by atoms with E-state index in [2.05, 4.69) is 14.9 Å². The van der Waals surface area contributed by atoms with Gasteiger partial charge in [-0.3, -0.25) is 4.79 Å². The highest BCUT2D eigenvalue weighted by atomic mass is 19.1. The van der Waals surface area contributed by atoms with Crippen molar-refractivity contribution in [1.29, 1.82) is 0 Å². The van der Waals surface area contributed by atoms with E-state index in [1.165, 1.54) is 12.4 Å². The number of aryl methyl sites for hydroxylation is 1. The molecule has 124 valence electrons. The van der Waals surface area contributed by atoms with Crippen molar-refractivity contribution in [1.82, 2.24) is 14.9 Å². The molecule has 0 aliphatic carbocycles. The Bertz CT molecular complexity index is 808. The molecule has 0 unspecified atom stereocenters. The van der Waals surface area contributed by atoms with Gasteiger partial charge in [0, 0.05) is 50.1 Å². The minimum atomic E-state index is -0.227. The average molecular weight is 326 g/mol. The Balaban J connectivity index is 1.49. The first-order chi connectivity index (χ1) is 11.5. The third-order valence-electron chi connectivity index (χ3n) is 4.99. The van der Waals surface area contributed by atoms with Gasteiger partial charge in [0.15, 0.2) is 0 Å². The van der Waals surface area contributed by atoms with Gasteiger partial charge < -0.3 is 9.80 Å². The molecule has 2 aliphatic rings. The zero-order valence-electron chi connectivity index (χ0n) is 13.8. The van der Waals surface area contributed by atoms with Crippen molar-refractivity contribution in [3.8, 4) is 11.3 Å². The zero-order chi connectivity index (χ0) is 16.9. The normalized spacial score (nSPS) is 18.3. The largest absolute Gasteiger partial charge is 0.355 e. The van der Waals surface area contributed by atoms with Crippen LogP contribution in [0.1, 0.15) is 12.5 Å². The molecule has 2 fully saturated rings. The van der Waals surface area contributed by atoms with E-state index >= 15 is 0 Å². The van der Waals surface area contributed by atoms with Gasteiger partial charge in [-0.1, -0.05) is 12.1 Å². The number of rotatable bonds is 2. The molecule has 0 saturated carbocycles. The molecule has 1 aromatic carbocycles. The van der Waals surface area contributed by atoms with Crippen molar-refractivity contribution >= 4 is 11.7 Å². The van der Waals surface area contributed by atoms with Crippen LogP contribution in [0, 0.1) is 18.2 Å². The monoisotopic (exact) mass is 326 g/mol. The SMILES string of the molecule is CC(=O)N1CC2(C1)CN(c1cc(-c3ccc(C)c(F)c3)ncn1)C2. The fourth-order valence-corrected chi connectivity index (χ4v) is 3.54. The van der Waals surface area contributed by atoms with Crippen molar-refractivity contribution < 1.29 is 9.18 Å². The van der Waals surface area contributed by atoms with E-state index in [1.807, 2.05) is 17.0 Å². The summed E-state index contributed by atoms with van der Waals surface area (Å²) in [6.07, 6.45) is 1.52. The van der Waals surface area contributed by atoms with Crippen molar-refractivity contribution in [2.24, 2.45) is 5.41 Å². The number of nitrogens with zero attached hydrogens (tertiary/aromatic N) is 4. The van der Waals surface area contributed by atoms with Crippen molar-refractivity contribution in [2.45, 2.75) is 13.8 Å². The molecule has 0 atom stereocenters. The smallest absolute Gasteiger partial charge is 0.219 e. The number of likely N-dealkylation sites (tertiary alicyclic amines) is 1. The van der Waals surface area contributed by atoms with E-state index < -0.39 is 0 Å². The van der Waals surface area contributed by atoms with Gasteiger partial charge in [-0.15, -0.1) is 0 Å². The number of carbonyl (C=O) groups excluding carboxylic acids is 1. The number of hydrogen-bond donors (Lipinski definition) is 0. The summed E-state index contributed by atoms with van der Waals surface area (Å²) in [6.45, 7) is 6.82. The maximum Gasteiger partial charge on any atom is 0.219 e. The molecule has 0 N–H and O–H groups in total. The lowest BCUT2D eigenvalue weighted by Crippen LogP contribution is -2.73. The van der Waals surface area contributed by atoms with E-state index in [0.717, 1.165) is 43.3 Å². The Morgan fingerprint density at radius 2 is 1.92 bits per heavy atom. The Kier molecular flexibility index (Phi) is 3.30. The van der Waals surface area contributed by atoms with Crippen LogP contribution in [0.4, 0.5) is 10.2 Å². The molecular formula is C18H19FN4O. The maximum absolute atomic E-state index is 13.8. The molecule has 2 aromatic rings. The van der Waals surface area contributed by atoms with Crippen LogP contribution in [0.25, 0.3) is 11.3 Å². The summed E-state index contributed by atoms with van der Waals surface area (Å²) in [5.41, 5.74) is 2.33. The van der Waals surface area contributed by atoms with Crippen LogP contribution in [0.3, 0.4) is 0 Å². The number of aromatic nitrogens is 2. The minimum Gasteiger partial charge on any atom is -0.355 e. The van der Waals surface area contributed by atoms with Crippen molar-refractivity contribution in [3.63, 3.8) is 0 Å². The van der Waals surface area contributed by atoms with Gasteiger partial charge >= 0.3 is 0 Å². The third-order valence-corrected chi connectivity index (χ3v) is 4.99. The standard InChI is InChI=1S/C18H19FN4O/c1-12-3-4-14(5-15(12)19)16-6-17(21-11-20-16)23-9-18(10-23)7-22(8-18)13(2)24/h3-6,11H,7-10H2,1-2H3. The van der Waals surface area contributed by atoms with Gasteiger partial charge in [-0.05, 0) is 18.6 Å². The maximum atomic E-state index is 13.8. The van der Waals surface area contributed by atoms with Gasteiger partial charge in [-0.25, -0.2) is 14.4 Å². The van der Waals surface area contributed by atoms with E-state index in [4.69, 9.17) is 0 Å². The van der Waals surface area contributed by atoms with Crippen LogP contribution in [0.5, 0.6) is 0 Å². The second-order valence-electron chi connectivity index (χ2n) is 6.96. The second-order valence-corrected chi connectivity index (χ2v) is 6.96. The first-order valence-electron chi connectivity index (χ1n) is 8.05. The van der Waals surface area contributed by atoms with Crippen LogP contribution in [-0.4, -0.2) is 47.0 Å². The molecule has 2 saturated heterocycles. The molecule has 1 amide bonds. The molecule has 1 aromatic heterocycles. The van der Waals surface area contributed by atoms with Gasteiger partial charge in [-0.2, -0.15) is 0 Å². The Hall–Kier alpha value is -2.50.